The molecule has 0 bridgehead atoms. The Morgan fingerprint density at radius 3 is 2.82 bits per heavy atom. The molecule has 3 rings (SSSR count). The number of carbonyl (C=O) groups is 2. The second-order valence-corrected chi connectivity index (χ2v) is 6.46. The first kappa shape index (κ1) is 14.5. The van der Waals surface area contributed by atoms with Gasteiger partial charge in [0, 0.05) is 24.0 Å². The van der Waals surface area contributed by atoms with Gasteiger partial charge in [0.25, 0.3) is 5.91 Å². The summed E-state index contributed by atoms with van der Waals surface area (Å²) in [6.07, 6.45) is 2.69. The topological polar surface area (TPSA) is 62.0 Å². The minimum absolute atomic E-state index is 0.0307. The average molecular weight is 300 g/mol. The summed E-state index contributed by atoms with van der Waals surface area (Å²) in [6, 6.07) is 5.66. The van der Waals surface area contributed by atoms with Crippen LogP contribution in [0.3, 0.4) is 0 Å². The number of benzene rings is 1. The van der Waals surface area contributed by atoms with E-state index in [0.29, 0.717) is 23.2 Å². The number of amides is 1. The zero-order chi connectivity index (χ0) is 15.9. The van der Waals surface area contributed by atoms with Gasteiger partial charge in [-0.15, -0.1) is 0 Å². The third kappa shape index (κ3) is 2.66. The molecular weight excluding hydrogens is 283 g/mol. The molecule has 0 fully saturated rings. The highest BCUT2D eigenvalue weighted by Gasteiger charge is 2.35. The first-order valence-electron chi connectivity index (χ1n) is 7.16. The van der Waals surface area contributed by atoms with E-state index in [0.717, 1.165) is 12.1 Å². The average Bonchev–Trinajstić information content (AvgIpc) is 2.81. The smallest absolute Gasteiger partial charge is 0.257 e. The third-order valence-corrected chi connectivity index (χ3v) is 3.86. The number of hydrogen-bond donors (Lipinski definition) is 2. The van der Waals surface area contributed by atoms with E-state index in [4.69, 9.17) is 0 Å². The highest BCUT2D eigenvalue weighted by Crippen LogP contribution is 2.35. The summed E-state index contributed by atoms with van der Waals surface area (Å²) in [5.41, 5.74) is 1.84. The largest absolute Gasteiger partial charge is 0.364 e. The fraction of sp³-hybridized carbons (Fsp3) is 0.294. The van der Waals surface area contributed by atoms with Gasteiger partial charge in [-0.1, -0.05) is 19.9 Å². The van der Waals surface area contributed by atoms with Crippen LogP contribution < -0.4 is 5.32 Å². The van der Waals surface area contributed by atoms with Crippen LogP contribution in [-0.2, 0) is 6.42 Å². The molecule has 1 aromatic carbocycles. The van der Waals surface area contributed by atoms with E-state index < -0.39 is 11.7 Å². The maximum absolute atomic E-state index is 13.2. The quantitative estimate of drug-likeness (QED) is 0.890. The van der Waals surface area contributed by atoms with Gasteiger partial charge in [-0.25, -0.2) is 4.39 Å². The Bertz CT molecular complexity index is 762. The molecule has 4 nitrogen and oxygen atoms in total. The van der Waals surface area contributed by atoms with Crippen molar-refractivity contribution >= 4 is 17.4 Å². The molecule has 5 heteroatoms. The maximum atomic E-state index is 13.2. The molecule has 1 heterocycles. The van der Waals surface area contributed by atoms with Gasteiger partial charge in [0.1, 0.15) is 5.82 Å². The van der Waals surface area contributed by atoms with E-state index in [1.54, 1.807) is 12.3 Å². The van der Waals surface area contributed by atoms with Crippen LogP contribution in [0.25, 0.3) is 0 Å². The Balaban J connectivity index is 1.89. The van der Waals surface area contributed by atoms with Crippen molar-refractivity contribution in [2.24, 2.45) is 5.41 Å². The summed E-state index contributed by atoms with van der Waals surface area (Å²) >= 11 is 0. The lowest BCUT2D eigenvalue weighted by atomic mass is 9.75. The first-order chi connectivity index (χ1) is 10.4. The normalized spacial score (nSPS) is 16.2. The zero-order valence-electron chi connectivity index (χ0n) is 12.5. The van der Waals surface area contributed by atoms with Crippen molar-refractivity contribution in [2.75, 3.05) is 5.32 Å². The highest BCUT2D eigenvalue weighted by molar-refractivity contribution is 6.13. The van der Waals surface area contributed by atoms with E-state index >= 15 is 0 Å². The van der Waals surface area contributed by atoms with Gasteiger partial charge >= 0.3 is 0 Å². The number of ketones is 1. The van der Waals surface area contributed by atoms with Crippen LogP contribution in [0.15, 0.2) is 30.5 Å². The maximum Gasteiger partial charge on any atom is 0.257 e. The van der Waals surface area contributed by atoms with Gasteiger partial charge in [0.05, 0.1) is 11.1 Å². The molecule has 0 radical (unpaired) electrons. The molecule has 0 spiro atoms. The van der Waals surface area contributed by atoms with Gasteiger partial charge in [-0.2, -0.15) is 0 Å². The Hall–Kier alpha value is -2.43. The Kier molecular flexibility index (Phi) is 3.35. The first-order valence-corrected chi connectivity index (χ1v) is 7.16. The number of hydrogen-bond acceptors (Lipinski definition) is 2. The van der Waals surface area contributed by atoms with Crippen molar-refractivity contribution in [3.63, 3.8) is 0 Å². The van der Waals surface area contributed by atoms with E-state index in [-0.39, 0.29) is 11.2 Å². The van der Waals surface area contributed by atoms with Crippen LogP contribution in [0.2, 0.25) is 0 Å². The number of halogens is 1. The number of aromatic amines is 1. The summed E-state index contributed by atoms with van der Waals surface area (Å²) in [4.78, 5) is 27.7. The number of anilines is 1. The molecule has 2 aromatic rings. The lowest BCUT2D eigenvalue weighted by Crippen LogP contribution is -2.28. The van der Waals surface area contributed by atoms with Crippen molar-refractivity contribution in [1.82, 2.24) is 4.98 Å². The van der Waals surface area contributed by atoms with Crippen LogP contribution in [0.5, 0.6) is 0 Å². The van der Waals surface area contributed by atoms with E-state index in [1.165, 1.54) is 18.2 Å². The fourth-order valence-corrected chi connectivity index (χ4v) is 2.93. The standard InChI is InChI=1S/C17H17FN2O2/c1-17(2)7-13-15(14(21)8-17)12(9-19-13)16(22)20-11-5-3-4-10(18)6-11/h3-6,9,19H,7-8H2,1-2H3,(H,20,22). The number of nitrogens with one attached hydrogen (secondary N) is 2. The van der Waals surface area contributed by atoms with E-state index in [2.05, 4.69) is 10.3 Å². The predicted molar refractivity (Wildman–Crippen MR) is 81.6 cm³/mol. The van der Waals surface area contributed by atoms with Gasteiger partial charge < -0.3 is 10.3 Å². The number of fused-ring (bicyclic) bond motifs is 1. The number of aromatic nitrogens is 1. The van der Waals surface area contributed by atoms with Crippen LogP contribution in [-0.4, -0.2) is 16.7 Å². The van der Waals surface area contributed by atoms with Crippen molar-refractivity contribution in [2.45, 2.75) is 26.7 Å². The van der Waals surface area contributed by atoms with Crippen LogP contribution in [0.4, 0.5) is 10.1 Å². The van der Waals surface area contributed by atoms with Gasteiger partial charge in [0.2, 0.25) is 0 Å². The molecular formula is C17H17FN2O2. The minimum atomic E-state index is -0.424. The molecule has 2 N–H and O–H groups in total. The summed E-state index contributed by atoms with van der Waals surface area (Å²) in [7, 11) is 0. The molecule has 0 aliphatic heterocycles. The summed E-state index contributed by atoms with van der Waals surface area (Å²) in [5, 5.41) is 2.63. The molecule has 0 saturated heterocycles. The van der Waals surface area contributed by atoms with E-state index in [9.17, 15) is 14.0 Å². The molecule has 1 aliphatic carbocycles. The second kappa shape index (κ2) is 5.09. The number of Topliss-reactive ketones (excluding diaryl/α,β-unsaturated/α-hetero) is 1. The lowest BCUT2D eigenvalue weighted by Gasteiger charge is -2.28. The molecule has 0 unspecified atom stereocenters. The molecule has 1 amide bonds. The molecule has 1 aromatic heterocycles. The summed E-state index contributed by atoms with van der Waals surface area (Å²) in [5.74, 6) is -0.861. The van der Waals surface area contributed by atoms with Crippen LogP contribution >= 0.6 is 0 Å². The Morgan fingerprint density at radius 2 is 2.09 bits per heavy atom. The fourth-order valence-electron chi connectivity index (χ4n) is 2.93. The van der Waals surface area contributed by atoms with E-state index in [1.807, 2.05) is 13.8 Å². The zero-order valence-corrected chi connectivity index (χ0v) is 12.5. The van der Waals surface area contributed by atoms with Gasteiger partial charge in [-0.3, -0.25) is 9.59 Å². The molecule has 22 heavy (non-hydrogen) atoms. The van der Waals surface area contributed by atoms with Gasteiger partial charge in [-0.05, 0) is 30.0 Å². The number of rotatable bonds is 2. The predicted octanol–water partition coefficient (Wildman–Crippen LogP) is 3.56. The summed E-state index contributed by atoms with van der Waals surface area (Å²) in [6.45, 7) is 4.06. The molecule has 0 saturated carbocycles. The van der Waals surface area contributed by atoms with Crippen molar-refractivity contribution < 1.29 is 14.0 Å². The SMILES string of the molecule is CC1(C)CC(=O)c2c(C(=O)Nc3cccc(F)c3)c[nH]c2C1. The second-order valence-electron chi connectivity index (χ2n) is 6.46. The Morgan fingerprint density at radius 1 is 1.32 bits per heavy atom. The number of H-pyrrole nitrogens is 1. The van der Waals surface area contributed by atoms with Crippen molar-refractivity contribution in [3.05, 3.63) is 53.1 Å². The third-order valence-electron chi connectivity index (χ3n) is 3.86. The molecule has 0 atom stereocenters. The summed E-state index contributed by atoms with van der Waals surface area (Å²) < 4.78 is 13.2. The van der Waals surface area contributed by atoms with Crippen LogP contribution in [0, 0.1) is 11.2 Å². The Labute approximate surface area is 127 Å². The molecule has 114 valence electrons. The molecule has 1 aliphatic rings. The lowest BCUT2D eigenvalue weighted by molar-refractivity contribution is 0.0902. The van der Waals surface area contributed by atoms with Gasteiger partial charge in [0.15, 0.2) is 5.78 Å². The highest BCUT2D eigenvalue weighted by atomic mass is 19.1. The number of carbonyl (C=O) groups excluding carboxylic acids is 2. The monoisotopic (exact) mass is 300 g/mol. The minimum Gasteiger partial charge on any atom is -0.364 e. The van der Waals surface area contributed by atoms with Crippen LogP contribution in [0.1, 0.15) is 46.7 Å². The van der Waals surface area contributed by atoms with Crippen molar-refractivity contribution in [3.8, 4) is 0 Å². The van der Waals surface area contributed by atoms with Crippen molar-refractivity contribution in [1.29, 1.82) is 0 Å².